The molecule has 0 aliphatic carbocycles. The maximum Gasteiger partial charge on any atom is 0.356 e. The van der Waals surface area contributed by atoms with Crippen LogP contribution >= 0.6 is 15.9 Å². The SMILES string of the molecule is O=C1OCCn2c1c(Br)c1ncccc12. The Morgan fingerprint density at radius 2 is 2.40 bits per heavy atom. The molecule has 4 nitrogen and oxygen atoms in total. The lowest BCUT2D eigenvalue weighted by Crippen LogP contribution is -2.22. The topological polar surface area (TPSA) is 44.1 Å². The second-order valence-corrected chi connectivity index (χ2v) is 4.11. The fraction of sp³-hybridized carbons (Fsp3) is 0.200. The Balaban J connectivity index is 2.45. The number of nitrogens with zero attached hydrogens (tertiary/aromatic N) is 2. The van der Waals surface area contributed by atoms with E-state index in [0.717, 1.165) is 15.5 Å². The molecule has 0 fully saturated rings. The summed E-state index contributed by atoms with van der Waals surface area (Å²) in [6.45, 7) is 1.12. The second kappa shape index (κ2) is 3.06. The minimum Gasteiger partial charge on any atom is -0.459 e. The minimum absolute atomic E-state index is 0.286. The van der Waals surface area contributed by atoms with Gasteiger partial charge in [0.1, 0.15) is 17.8 Å². The highest BCUT2D eigenvalue weighted by Crippen LogP contribution is 2.31. The lowest BCUT2D eigenvalue weighted by atomic mass is 10.4. The molecule has 2 aromatic heterocycles. The first-order chi connectivity index (χ1) is 7.29. The Kier molecular flexibility index (Phi) is 1.82. The van der Waals surface area contributed by atoms with Crippen LogP contribution in [0, 0.1) is 0 Å². The minimum atomic E-state index is -0.286. The van der Waals surface area contributed by atoms with Crippen molar-refractivity contribution in [2.45, 2.75) is 6.54 Å². The maximum absolute atomic E-state index is 11.6. The third-order valence-corrected chi connectivity index (χ3v) is 3.26. The van der Waals surface area contributed by atoms with Crippen molar-refractivity contribution in [3.63, 3.8) is 0 Å². The highest BCUT2D eigenvalue weighted by molar-refractivity contribution is 9.10. The fourth-order valence-corrected chi connectivity index (χ4v) is 2.55. The predicted molar refractivity (Wildman–Crippen MR) is 57.7 cm³/mol. The van der Waals surface area contributed by atoms with Crippen molar-refractivity contribution in [2.24, 2.45) is 0 Å². The summed E-state index contributed by atoms with van der Waals surface area (Å²) >= 11 is 3.39. The molecule has 0 saturated heterocycles. The molecule has 1 aliphatic rings. The average molecular weight is 267 g/mol. The van der Waals surface area contributed by atoms with Crippen LogP contribution in [0.1, 0.15) is 10.5 Å². The van der Waals surface area contributed by atoms with Crippen molar-refractivity contribution < 1.29 is 9.53 Å². The summed E-state index contributed by atoms with van der Waals surface area (Å²) < 4.78 is 7.66. The Bertz CT molecular complexity index is 562. The smallest absolute Gasteiger partial charge is 0.356 e. The first kappa shape index (κ1) is 8.91. The van der Waals surface area contributed by atoms with Crippen molar-refractivity contribution in [3.8, 4) is 0 Å². The summed E-state index contributed by atoms with van der Waals surface area (Å²) in [7, 11) is 0. The number of fused-ring (bicyclic) bond motifs is 3. The first-order valence-corrected chi connectivity index (χ1v) is 5.38. The highest BCUT2D eigenvalue weighted by Gasteiger charge is 2.26. The molecule has 0 saturated carbocycles. The number of hydrogen-bond acceptors (Lipinski definition) is 3. The van der Waals surface area contributed by atoms with Gasteiger partial charge >= 0.3 is 5.97 Å². The summed E-state index contributed by atoms with van der Waals surface area (Å²) in [4.78, 5) is 15.8. The van der Waals surface area contributed by atoms with Crippen LogP contribution in [-0.2, 0) is 11.3 Å². The van der Waals surface area contributed by atoms with Gasteiger partial charge in [-0.3, -0.25) is 4.98 Å². The van der Waals surface area contributed by atoms with E-state index in [1.165, 1.54) is 0 Å². The Hall–Kier alpha value is -1.36. The van der Waals surface area contributed by atoms with Crippen LogP contribution in [0.25, 0.3) is 11.0 Å². The molecule has 1 aliphatic heterocycles. The molecule has 3 rings (SSSR count). The number of carbonyl (C=O) groups is 1. The fourth-order valence-electron chi connectivity index (χ4n) is 1.86. The molecular weight excluding hydrogens is 260 g/mol. The number of aromatic nitrogens is 2. The normalized spacial score (nSPS) is 15.1. The second-order valence-electron chi connectivity index (χ2n) is 3.32. The van der Waals surface area contributed by atoms with Crippen LogP contribution < -0.4 is 0 Å². The number of halogens is 1. The van der Waals surface area contributed by atoms with Gasteiger partial charge in [0.25, 0.3) is 0 Å². The first-order valence-electron chi connectivity index (χ1n) is 4.59. The summed E-state index contributed by atoms with van der Waals surface area (Å²) in [5, 5.41) is 0. The third kappa shape index (κ3) is 1.13. The van der Waals surface area contributed by atoms with E-state index in [0.29, 0.717) is 18.8 Å². The average Bonchev–Trinajstić information content (AvgIpc) is 2.55. The van der Waals surface area contributed by atoms with Gasteiger partial charge in [0.2, 0.25) is 0 Å². The molecule has 3 heterocycles. The zero-order valence-corrected chi connectivity index (χ0v) is 9.32. The molecule has 0 amide bonds. The Labute approximate surface area is 94.0 Å². The van der Waals surface area contributed by atoms with Crippen LogP contribution in [0.4, 0.5) is 0 Å². The zero-order valence-electron chi connectivity index (χ0n) is 7.74. The molecule has 0 bridgehead atoms. The van der Waals surface area contributed by atoms with E-state index >= 15 is 0 Å². The predicted octanol–water partition coefficient (Wildman–Crippen LogP) is 1.97. The molecule has 0 radical (unpaired) electrons. The van der Waals surface area contributed by atoms with Crippen LogP contribution in [-0.4, -0.2) is 22.1 Å². The summed E-state index contributed by atoms with van der Waals surface area (Å²) in [6, 6.07) is 3.82. The maximum atomic E-state index is 11.6. The molecule has 0 aromatic carbocycles. The van der Waals surface area contributed by atoms with Crippen molar-refractivity contribution in [1.82, 2.24) is 9.55 Å². The van der Waals surface area contributed by atoms with Gasteiger partial charge in [0.05, 0.1) is 16.5 Å². The number of cyclic esters (lactones) is 1. The van der Waals surface area contributed by atoms with E-state index in [-0.39, 0.29) is 5.97 Å². The molecule has 2 aromatic rings. The van der Waals surface area contributed by atoms with E-state index in [4.69, 9.17) is 4.74 Å². The van der Waals surface area contributed by atoms with E-state index in [1.807, 2.05) is 16.7 Å². The van der Waals surface area contributed by atoms with Crippen LogP contribution in [0.15, 0.2) is 22.8 Å². The monoisotopic (exact) mass is 266 g/mol. The standard InChI is InChI=1S/C10H7BrN2O2/c11-7-8-6(2-1-3-12-8)13-4-5-15-10(14)9(7)13/h1-3H,4-5H2. The van der Waals surface area contributed by atoms with Gasteiger partial charge in [0.15, 0.2) is 0 Å². The van der Waals surface area contributed by atoms with Crippen LogP contribution in [0.5, 0.6) is 0 Å². The molecule has 5 heteroatoms. The quantitative estimate of drug-likeness (QED) is 0.685. The number of rotatable bonds is 0. The number of pyridine rings is 1. The number of carbonyl (C=O) groups excluding carboxylic acids is 1. The molecule has 0 spiro atoms. The van der Waals surface area contributed by atoms with Crippen molar-refractivity contribution in [1.29, 1.82) is 0 Å². The van der Waals surface area contributed by atoms with E-state index in [9.17, 15) is 4.79 Å². The third-order valence-electron chi connectivity index (χ3n) is 2.50. The lowest BCUT2D eigenvalue weighted by Gasteiger charge is -2.15. The molecular formula is C10H7BrN2O2. The van der Waals surface area contributed by atoms with Crippen molar-refractivity contribution in [2.75, 3.05) is 6.61 Å². The number of ether oxygens (including phenoxy) is 1. The van der Waals surface area contributed by atoms with Gasteiger partial charge in [-0.1, -0.05) is 0 Å². The van der Waals surface area contributed by atoms with Crippen LogP contribution in [0.2, 0.25) is 0 Å². The number of hydrogen-bond donors (Lipinski definition) is 0. The molecule has 0 atom stereocenters. The van der Waals surface area contributed by atoms with E-state index in [2.05, 4.69) is 20.9 Å². The van der Waals surface area contributed by atoms with Gasteiger partial charge in [-0.05, 0) is 28.1 Å². The lowest BCUT2D eigenvalue weighted by molar-refractivity contribution is 0.0424. The Morgan fingerprint density at radius 3 is 3.27 bits per heavy atom. The molecule has 0 unspecified atom stereocenters. The summed E-state index contributed by atoms with van der Waals surface area (Å²) in [5.41, 5.74) is 2.34. The van der Waals surface area contributed by atoms with Gasteiger partial charge in [-0.15, -0.1) is 0 Å². The Morgan fingerprint density at radius 1 is 1.53 bits per heavy atom. The molecule has 76 valence electrons. The van der Waals surface area contributed by atoms with Gasteiger partial charge in [0, 0.05) is 6.20 Å². The van der Waals surface area contributed by atoms with Gasteiger partial charge in [-0.2, -0.15) is 0 Å². The number of esters is 1. The summed E-state index contributed by atoms with van der Waals surface area (Å²) in [5.74, 6) is -0.286. The zero-order chi connectivity index (χ0) is 10.4. The van der Waals surface area contributed by atoms with E-state index < -0.39 is 0 Å². The molecule has 0 N–H and O–H groups in total. The van der Waals surface area contributed by atoms with Crippen molar-refractivity contribution >= 4 is 32.9 Å². The largest absolute Gasteiger partial charge is 0.459 e. The van der Waals surface area contributed by atoms with Crippen molar-refractivity contribution in [3.05, 3.63) is 28.5 Å². The van der Waals surface area contributed by atoms with Gasteiger partial charge < -0.3 is 9.30 Å². The van der Waals surface area contributed by atoms with E-state index in [1.54, 1.807) is 6.20 Å². The highest BCUT2D eigenvalue weighted by atomic mass is 79.9. The van der Waals surface area contributed by atoms with Gasteiger partial charge in [-0.25, -0.2) is 4.79 Å². The van der Waals surface area contributed by atoms with Crippen LogP contribution in [0.3, 0.4) is 0 Å². The summed E-state index contributed by atoms with van der Waals surface area (Å²) in [6.07, 6.45) is 1.71. The molecule has 15 heavy (non-hydrogen) atoms.